The summed E-state index contributed by atoms with van der Waals surface area (Å²) in [4.78, 5) is 30.4. The minimum absolute atomic E-state index is 0. The summed E-state index contributed by atoms with van der Waals surface area (Å²) in [7, 11) is 0. The normalized spacial score (nSPS) is 10.2. The molecule has 0 aromatic heterocycles. The van der Waals surface area contributed by atoms with Crippen molar-refractivity contribution in [2.75, 3.05) is 0 Å². The summed E-state index contributed by atoms with van der Waals surface area (Å²) in [5.74, 6) is -2.72. The first-order valence-electron chi connectivity index (χ1n) is 19.4. The molecule has 0 unspecified atom stereocenters. The molecule has 6 nitrogen and oxygen atoms in total. The van der Waals surface area contributed by atoms with E-state index >= 15 is 0 Å². The van der Waals surface area contributed by atoms with Gasteiger partial charge >= 0.3 is 32.7 Å². The average Bonchev–Trinajstić information content (AvgIpc) is 3.00. The summed E-state index contributed by atoms with van der Waals surface area (Å²) in [5.41, 5.74) is 0. The van der Waals surface area contributed by atoms with Gasteiger partial charge in [-0.1, -0.05) is 194 Å². The number of carbonyl (C=O) groups is 3. The Morgan fingerprint density at radius 2 is 0.413 bits per heavy atom. The largest absolute Gasteiger partial charge is 3.00 e. The van der Waals surface area contributed by atoms with Crippen molar-refractivity contribution in [2.24, 2.45) is 0 Å². The Hall–Kier alpha value is -0.486. The fraction of sp³-hybridized carbons (Fsp3) is 0.923. The van der Waals surface area contributed by atoms with Crippen LogP contribution >= 0.6 is 0 Å². The van der Waals surface area contributed by atoms with Crippen molar-refractivity contribution in [2.45, 2.75) is 233 Å². The van der Waals surface area contributed by atoms with Crippen LogP contribution in [0.25, 0.3) is 0 Å². The van der Waals surface area contributed by atoms with E-state index in [4.69, 9.17) is 0 Å². The van der Waals surface area contributed by atoms with Crippen LogP contribution in [-0.2, 0) is 47.1 Å². The molecular formula is C39H75O6Y. The first-order valence-corrected chi connectivity index (χ1v) is 19.4. The molecule has 0 aromatic carbocycles. The van der Waals surface area contributed by atoms with E-state index < -0.39 is 17.9 Å². The molecule has 0 N–H and O–H groups in total. The number of rotatable bonds is 33. The number of carboxylic acid groups (broad SMARTS) is 3. The molecule has 0 aliphatic heterocycles. The van der Waals surface area contributed by atoms with Crippen LogP contribution in [0, 0.1) is 0 Å². The summed E-state index contributed by atoms with van der Waals surface area (Å²) < 4.78 is 0. The van der Waals surface area contributed by atoms with Gasteiger partial charge in [-0.25, -0.2) is 0 Å². The van der Waals surface area contributed by atoms with Crippen molar-refractivity contribution < 1.29 is 62.4 Å². The minimum atomic E-state index is -0.908. The Bertz CT molecular complexity index is 518. The Morgan fingerprint density at radius 3 is 0.543 bits per heavy atom. The van der Waals surface area contributed by atoms with E-state index in [0.29, 0.717) is 0 Å². The van der Waals surface area contributed by atoms with E-state index in [0.717, 1.165) is 38.5 Å². The van der Waals surface area contributed by atoms with Crippen molar-refractivity contribution in [1.82, 2.24) is 0 Å². The molecule has 7 heteroatoms. The van der Waals surface area contributed by atoms with Gasteiger partial charge in [-0.2, -0.15) is 0 Å². The molecule has 0 spiro atoms. The van der Waals surface area contributed by atoms with Crippen molar-refractivity contribution in [1.29, 1.82) is 0 Å². The van der Waals surface area contributed by atoms with E-state index in [1.165, 1.54) is 154 Å². The maximum absolute atomic E-state index is 10.1. The Kier molecular flexibility index (Phi) is 55.6. The SMILES string of the molecule is CCCCCCCCCCCCC(=O)[O-].CCCCCCCCCCCCC(=O)[O-].CCCCCCCCCCCCC(=O)[O-].[Y+3]. The predicted octanol–water partition coefficient (Wildman–Crippen LogP) is 9.14. The molecule has 0 radical (unpaired) electrons. The third kappa shape index (κ3) is 62.4. The van der Waals surface area contributed by atoms with Crippen LogP contribution in [-0.4, -0.2) is 17.9 Å². The smallest absolute Gasteiger partial charge is 0.550 e. The van der Waals surface area contributed by atoms with Crippen LogP contribution in [0.15, 0.2) is 0 Å². The second-order valence-electron chi connectivity index (χ2n) is 12.9. The van der Waals surface area contributed by atoms with E-state index in [9.17, 15) is 29.7 Å². The van der Waals surface area contributed by atoms with Gasteiger partial charge in [-0.15, -0.1) is 0 Å². The zero-order valence-electron chi connectivity index (χ0n) is 30.9. The molecule has 0 saturated heterocycles. The van der Waals surface area contributed by atoms with E-state index in [1.807, 2.05) is 0 Å². The second-order valence-corrected chi connectivity index (χ2v) is 12.9. The van der Waals surface area contributed by atoms with Crippen LogP contribution < -0.4 is 15.3 Å². The molecule has 0 aromatic rings. The molecule has 0 aliphatic carbocycles. The Balaban J connectivity index is -0.000000285. The first kappa shape index (κ1) is 52.3. The van der Waals surface area contributed by atoms with Gasteiger partial charge < -0.3 is 29.7 Å². The molecule has 0 saturated carbocycles. The van der Waals surface area contributed by atoms with Gasteiger partial charge in [0.1, 0.15) is 0 Å². The van der Waals surface area contributed by atoms with Crippen LogP contribution in [0.5, 0.6) is 0 Å². The number of aliphatic carboxylic acids is 3. The maximum atomic E-state index is 10.1. The second kappa shape index (κ2) is 48.9. The molecule has 0 heterocycles. The molecule has 0 fully saturated rings. The van der Waals surface area contributed by atoms with Crippen LogP contribution in [0.3, 0.4) is 0 Å². The molecule has 0 bridgehead atoms. The molecule has 46 heavy (non-hydrogen) atoms. The van der Waals surface area contributed by atoms with Gasteiger partial charge in [-0.05, 0) is 38.5 Å². The fourth-order valence-electron chi connectivity index (χ4n) is 5.27. The first-order chi connectivity index (χ1) is 21.8. The fourth-order valence-corrected chi connectivity index (χ4v) is 5.27. The average molecular weight is 729 g/mol. The quantitative estimate of drug-likeness (QED) is 0.0622. The van der Waals surface area contributed by atoms with E-state index in [2.05, 4.69) is 20.8 Å². The topological polar surface area (TPSA) is 120 Å². The number of hydrogen-bond donors (Lipinski definition) is 0. The Labute approximate surface area is 311 Å². The van der Waals surface area contributed by atoms with Crippen LogP contribution in [0.4, 0.5) is 0 Å². The molecule has 0 aliphatic rings. The minimum Gasteiger partial charge on any atom is -0.550 e. The molecule has 270 valence electrons. The summed E-state index contributed by atoms with van der Waals surface area (Å²) in [5, 5.41) is 30.4. The van der Waals surface area contributed by atoms with Gasteiger partial charge in [0.15, 0.2) is 0 Å². The monoisotopic (exact) mass is 728 g/mol. The van der Waals surface area contributed by atoms with Crippen molar-refractivity contribution >= 4 is 17.9 Å². The summed E-state index contributed by atoms with van der Waals surface area (Å²) >= 11 is 0. The van der Waals surface area contributed by atoms with E-state index in [-0.39, 0.29) is 52.0 Å². The molecule has 0 rings (SSSR count). The molecule has 0 amide bonds. The number of carbonyl (C=O) groups excluding carboxylic acids is 3. The van der Waals surface area contributed by atoms with Crippen molar-refractivity contribution in [3.8, 4) is 0 Å². The molecule has 0 atom stereocenters. The standard InChI is InChI=1S/3C13H26O2.Y/c3*1-2-3-4-5-6-7-8-9-10-11-12-13(14)15;/h3*2-12H2,1H3,(H,14,15);/q;;;+3/p-3. The maximum Gasteiger partial charge on any atom is 3.00 e. The predicted molar refractivity (Wildman–Crippen MR) is 184 cm³/mol. The van der Waals surface area contributed by atoms with Crippen molar-refractivity contribution in [3.63, 3.8) is 0 Å². The Morgan fingerprint density at radius 1 is 0.283 bits per heavy atom. The van der Waals surface area contributed by atoms with Crippen molar-refractivity contribution in [3.05, 3.63) is 0 Å². The summed E-state index contributed by atoms with van der Waals surface area (Å²) in [6.45, 7) is 6.70. The number of hydrogen-bond acceptors (Lipinski definition) is 6. The van der Waals surface area contributed by atoms with E-state index in [1.54, 1.807) is 0 Å². The third-order valence-electron chi connectivity index (χ3n) is 8.20. The third-order valence-corrected chi connectivity index (χ3v) is 8.20. The van der Waals surface area contributed by atoms with Gasteiger partial charge in [-0.3, -0.25) is 0 Å². The zero-order valence-corrected chi connectivity index (χ0v) is 33.7. The number of carboxylic acids is 3. The zero-order chi connectivity index (χ0) is 34.1. The number of unbranched alkanes of at least 4 members (excludes halogenated alkanes) is 27. The van der Waals surface area contributed by atoms with Gasteiger partial charge in [0.2, 0.25) is 0 Å². The van der Waals surface area contributed by atoms with Gasteiger partial charge in [0.05, 0.1) is 0 Å². The summed E-state index contributed by atoms with van der Waals surface area (Å²) in [6, 6.07) is 0. The van der Waals surface area contributed by atoms with Gasteiger partial charge in [0.25, 0.3) is 0 Å². The van der Waals surface area contributed by atoms with Gasteiger partial charge in [0, 0.05) is 17.9 Å². The van der Waals surface area contributed by atoms with Crippen LogP contribution in [0.2, 0.25) is 0 Å². The van der Waals surface area contributed by atoms with Crippen LogP contribution in [0.1, 0.15) is 233 Å². The molecular weight excluding hydrogens is 653 g/mol. The summed E-state index contributed by atoms with van der Waals surface area (Å²) in [6.07, 6.45) is 37.8.